The molecule has 1 aromatic rings. The number of halogens is 1. The standard InChI is InChI=1S/C14H20N4.HI/c1-11(2)7-8-17-14(16)18-10-13-5-3-12(9-15)4-6-13;/h3-6,11H,7-8,10H2,1-2H3,(H3,16,17,18);1H. The number of hydrogen-bond donors (Lipinski definition) is 2. The maximum absolute atomic E-state index is 8.68. The Hall–Kier alpha value is -1.29. The molecule has 0 aliphatic rings. The van der Waals surface area contributed by atoms with Crippen LogP contribution in [0.2, 0.25) is 0 Å². The number of hydrogen-bond acceptors (Lipinski definition) is 2. The number of guanidine groups is 1. The van der Waals surface area contributed by atoms with E-state index in [-0.39, 0.29) is 24.0 Å². The van der Waals surface area contributed by atoms with Crippen molar-refractivity contribution >= 4 is 29.9 Å². The highest BCUT2D eigenvalue weighted by Crippen LogP contribution is 2.04. The van der Waals surface area contributed by atoms with Crippen molar-refractivity contribution in [1.29, 1.82) is 5.26 Å². The van der Waals surface area contributed by atoms with Gasteiger partial charge in [-0.25, -0.2) is 4.99 Å². The van der Waals surface area contributed by atoms with E-state index in [1.165, 1.54) is 0 Å². The molecule has 104 valence electrons. The Morgan fingerprint density at radius 1 is 1.37 bits per heavy atom. The molecular formula is C14H21IN4. The summed E-state index contributed by atoms with van der Waals surface area (Å²) in [4.78, 5) is 4.25. The average molecular weight is 372 g/mol. The summed E-state index contributed by atoms with van der Waals surface area (Å²) in [7, 11) is 0. The summed E-state index contributed by atoms with van der Waals surface area (Å²) in [5.74, 6) is 1.13. The summed E-state index contributed by atoms with van der Waals surface area (Å²) in [6, 6.07) is 9.44. The lowest BCUT2D eigenvalue weighted by atomic mass is 10.1. The van der Waals surface area contributed by atoms with Gasteiger partial charge in [-0.3, -0.25) is 0 Å². The van der Waals surface area contributed by atoms with E-state index in [4.69, 9.17) is 11.0 Å². The van der Waals surface area contributed by atoms with Gasteiger partial charge in [0.15, 0.2) is 5.96 Å². The topological polar surface area (TPSA) is 74.2 Å². The first-order chi connectivity index (χ1) is 8.61. The maximum atomic E-state index is 8.68. The number of nitrogens with zero attached hydrogens (tertiary/aromatic N) is 2. The largest absolute Gasteiger partial charge is 0.370 e. The van der Waals surface area contributed by atoms with Crippen molar-refractivity contribution in [3.8, 4) is 6.07 Å². The summed E-state index contributed by atoms with van der Waals surface area (Å²) in [5, 5.41) is 11.8. The molecule has 0 fully saturated rings. The highest BCUT2D eigenvalue weighted by atomic mass is 127. The average Bonchev–Trinajstić information content (AvgIpc) is 2.36. The first kappa shape index (κ1) is 17.7. The highest BCUT2D eigenvalue weighted by Gasteiger charge is 1.96. The second-order valence-corrected chi connectivity index (χ2v) is 4.62. The molecule has 0 saturated carbocycles. The van der Waals surface area contributed by atoms with E-state index < -0.39 is 0 Å². The van der Waals surface area contributed by atoms with Crippen LogP contribution in [-0.2, 0) is 6.54 Å². The number of nitriles is 1. The van der Waals surface area contributed by atoms with Crippen LogP contribution in [0.15, 0.2) is 29.3 Å². The Morgan fingerprint density at radius 3 is 2.53 bits per heavy atom. The van der Waals surface area contributed by atoms with Gasteiger partial charge in [-0.05, 0) is 30.0 Å². The van der Waals surface area contributed by atoms with Gasteiger partial charge in [-0.15, -0.1) is 24.0 Å². The van der Waals surface area contributed by atoms with Crippen molar-refractivity contribution < 1.29 is 0 Å². The molecule has 0 saturated heterocycles. The third-order valence-corrected chi connectivity index (χ3v) is 2.54. The first-order valence-corrected chi connectivity index (χ1v) is 6.14. The Labute approximate surface area is 132 Å². The van der Waals surface area contributed by atoms with Gasteiger partial charge in [0, 0.05) is 6.54 Å². The molecule has 0 heterocycles. The van der Waals surface area contributed by atoms with E-state index in [1.807, 2.05) is 12.1 Å². The molecule has 1 rings (SSSR count). The molecular weight excluding hydrogens is 351 g/mol. The van der Waals surface area contributed by atoms with Crippen LogP contribution in [0.4, 0.5) is 0 Å². The lowest BCUT2D eigenvalue weighted by molar-refractivity contribution is 0.576. The summed E-state index contributed by atoms with van der Waals surface area (Å²) < 4.78 is 0. The van der Waals surface area contributed by atoms with Crippen molar-refractivity contribution in [2.24, 2.45) is 16.6 Å². The molecule has 4 nitrogen and oxygen atoms in total. The van der Waals surface area contributed by atoms with Crippen LogP contribution >= 0.6 is 24.0 Å². The van der Waals surface area contributed by atoms with Crippen LogP contribution in [0.1, 0.15) is 31.4 Å². The predicted octanol–water partition coefficient (Wildman–Crippen LogP) is 2.63. The Kier molecular flexibility index (Phi) is 8.96. The minimum atomic E-state index is 0. The number of benzene rings is 1. The van der Waals surface area contributed by atoms with E-state index in [1.54, 1.807) is 12.1 Å². The van der Waals surface area contributed by atoms with Crippen molar-refractivity contribution in [2.75, 3.05) is 6.54 Å². The van der Waals surface area contributed by atoms with Gasteiger partial charge in [0.25, 0.3) is 0 Å². The molecule has 0 aromatic heterocycles. The van der Waals surface area contributed by atoms with Crippen LogP contribution < -0.4 is 11.1 Å². The molecule has 0 aliphatic heterocycles. The van der Waals surface area contributed by atoms with Gasteiger partial charge >= 0.3 is 0 Å². The summed E-state index contributed by atoms with van der Waals surface area (Å²) in [5.41, 5.74) is 7.45. The molecule has 19 heavy (non-hydrogen) atoms. The van der Waals surface area contributed by atoms with E-state index in [2.05, 4.69) is 30.2 Å². The van der Waals surface area contributed by atoms with Crippen LogP contribution in [0.3, 0.4) is 0 Å². The van der Waals surface area contributed by atoms with E-state index >= 15 is 0 Å². The zero-order valence-corrected chi connectivity index (χ0v) is 13.7. The number of nitrogens with two attached hydrogens (primary N) is 1. The van der Waals surface area contributed by atoms with Crippen molar-refractivity contribution in [3.05, 3.63) is 35.4 Å². The zero-order chi connectivity index (χ0) is 13.4. The summed E-state index contributed by atoms with van der Waals surface area (Å²) >= 11 is 0. The van der Waals surface area contributed by atoms with Gasteiger partial charge in [0.2, 0.25) is 0 Å². The fourth-order valence-corrected chi connectivity index (χ4v) is 1.41. The van der Waals surface area contributed by atoms with Crippen LogP contribution in [-0.4, -0.2) is 12.5 Å². The molecule has 5 heteroatoms. The fraction of sp³-hybridized carbons (Fsp3) is 0.429. The molecule has 0 atom stereocenters. The van der Waals surface area contributed by atoms with Gasteiger partial charge in [0.1, 0.15) is 0 Å². The molecule has 0 bridgehead atoms. The SMILES string of the molecule is CC(C)CCNC(N)=NCc1ccc(C#N)cc1.I. The number of aliphatic imine (C=N–C) groups is 1. The minimum Gasteiger partial charge on any atom is -0.370 e. The molecule has 0 radical (unpaired) electrons. The molecule has 0 amide bonds. The third-order valence-electron chi connectivity index (χ3n) is 2.54. The highest BCUT2D eigenvalue weighted by molar-refractivity contribution is 14.0. The lowest BCUT2D eigenvalue weighted by Crippen LogP contribution is -2.32. The van der Waals surface area contributed by atoms with Crippen molar-refractivity contribution in [3.63, 3.8) is 0 Å². The second-order valence-electron chi connectivity index (χ2n) is 4.62. The molecule has 0 unspecified atom stereocenters. The third kappa shape index (κ3) is 7.67. The lowest BCUT2D eigenvalue weighted by Gasteiger charge is -2.07. The Balaban J connectivity index is 0.00000324. The molecule has 3 N–H and O–H groups in total. The van der Waals surface area contributed by atoms with Crippen LogP contribution in [0.25, 0.3) is 0 Å². The van der Waals surface area contributed by atoms with Gasteiger partial charge < -0.3 is 11.1 Å². The minimum absolute atomic E-state index is 0. The number of rotatable bonds is 5. The normalized spacial score (nSPS) is 10.7. The van der Waals surface area contributed by atoms with E-state index in [9.17, 15) is 0 Å². The Bertz CT molecular complexity index is 432. The van der Waals surface area contributed by atoms with E-state index in [0.717, 1.165) is 18.5 Å². The Morgan fingerprint density at radius 2 is 2.00 bits per heavy atom. The quantitative estimate of drug-likeness (QED) is 0.474. The van der Waals surface area contributed by atoms with Crippen LogP contribution in [0.5, 0.6) is 0 Å². The van der Waals surface area contributed by atoms with Crippen LogP contribution in [0, 0.1) is 17.2 Å². The van der Waals surface area contributed by atoms with Gasteiger partial charge in [0.05, 0.1) is 18.2 Å². The summed E-state index contributed by atoms with van der Waals surface area (Å²) in [6.45, 7) is 5.73. The van der Waals surface area contributed by atoms with Gasteiger partial charge in [-0.1, -0.05) is 26.0 Å². The predicted molar refractivity (Wildman–Crippen MR) is 89.4 cm³/mol. The smallest absolute Gasteiger partial charge is 0.188 e. The zero-order valence-electron chi connectivity index (χ0n) is 11.4. The monoisotopic (exact) mass is 372 g/mol. The van der Waals surface area contributed by atoms with E-state index in [0.29, 0.717) is 24.0 Å². The second kappa shape index (κ2) is 9.62. The number of nitrogens with one attached hydrogen (secondary N) is 1. The fourth-order valence-electron chi connectivity index (χ4n) is 1.41. The molecule has 0 spiro atoms. The molecule has 1 aromatic carbocycles. The molecule has 0 aliphatic carbocycles. The summed E-state index contributed by atoms with van der Waals surface area (Å²) in [6.07, 6.45) is 1.08. The maximum Gasteiger partial charge on any atom is 0.188 e. The van der Waals surface area contributed by atoms with Crippen molar-refractivity contribution in [2.45, 2.75) is 26.8 Å². The first-order valence-electron chi connectivity index (χ1n) is 6.14. The van der Waals surface area contributed by atoms with Crippen molar-refractivity contribution in [1.82, 2.24) is 5.32 Å². The van der Waals surface area contributed by atoms with Gasteiger partial charge in [-0.2, -0.15) is 5.26 Å².